The third-order valence-electron chi connectivity index (χ3n) is 5.84. The topological polar surface area (TPSA) is 49.4 Å². The summed E-state index contributed by atoms with van der Waals surface area (Å²) in [5.74, 6) is -0.0129. The predicted octanol–water partition coefficient (Wildman–Crippen LogP) is 3.71. The Balaban J connectivity index is 1.62. The highest BCUT2D eigenvalue weighted by Gasteiger charge is 2.38. The minimum absolute atomic E-state index is 0.0117. The number of amides is 2. The quantitative estimate of drug-likeness (QED) is 0.901. The monoisotopic (exact) mass is 362 g/mol. The van der Waals surface area contributed by atoms with E-state index in [0.29, 0.717) is 6.54 Å². The molecule has 0 unspecified atom stereocenters. The number of carbonyl (C=O) groups is 2. The van der Waals surface area contributed by atoms with Crippen molar-refractivity contribution in [3.8, 4) is 11.1 Å². The van der Waals surface area contributed by atoms with Gasteiger partial charge in [0.2, 0.25) is 11.8 Å². The summed E-state index contributed by atoms with van der Waals surface area (Å²) in [5.41, 5.74) is 4.60. The van der Waals surface area contributed by atoms with Crippen LogP contribution >= 0.6 is 0 Å². The van der Waals surface area contributed by atoms with E-state index in [1.54, 1.807) is 0 Å². The number of fused-ring (bicyclic) bond motifs is 3. The Kier molecular flexibility index (Phi) is 4.97. The van der Waals surface area contributed by atoms with Gasteiger partial charge in [-0.3, -0.25) is 9.59 Å². The van der Waals surface area contributed by atoms with Crippen LogP contribution in [0.25, 0.3) is 11.1 Å². The zero-order valence-electron chi connectivity index (χ0n) is 15.8. The van der Waals surface area contributed by atoms with Gasteiger partial charge in [0.05, 0.1) is 5.92 Å². The van der Waals surface area contributed by atoms with E-state index in [-0.39, 0.29) is 23.8 Å². The third kappa shape index (κ3) is 3.36. The van der Waals surface area contributed by atoms with Gasteiger partial charge in [-0.15, -0.1) is 0 Å². The summed E-state index contributed by atoms with van der Waals surface area (Å²) in [4.78, 5) is 26.9. The molecule has 4 nitrogen and oxygen atoms in total. The third-order valence-corrected chi connectivity index (χ3v) is 5.84. The number of piperidine rings is 1. The first kappa shape index (κ1) is 17.8. The molecular formula is C23H26N2O2. The molecule has 1 atom stereocenters. The molecule has 0 saturated carbocycles. The fourth-order valence-electron chi connectivity index (χ4n) is 4.59. The molecule has 0 spiro atoms. The van der Waals surface area contributed by atoms with Crippen molar-refractivity contribution >= 4 is 11.8 Å². The number of hydrogen-bond donors (Lipinski definition) is 1. The van der Waals surface area contributed by atoms with E-state index < -0.39 is 0 Å². The standard InChI is InChI=1S/C23H26N2O2/c1-16(26)24-14-13-17-8-6-7-15-25(17)23(27)22-20-11-4-2-9-18(20)19-10-3-5-12-21(19)22/h2-5,9-12,17,22H,6-8,13-15H2,1H3,(H,24,26)/t17-/m1/s1. The molecule has 2 aliphatic rings. The van der Waals surface area contributed by atoms with Crippen molar-refractivity contribution in [3.05, 3.63) is 59.7 Å². The van der Waals surface area contributed by atoms with Crippen LogP contribution in [-0.4, -0.2) is 35.8 Å². The number of hydrogen-bond acceptors (Lipinski definition) is 2. The van der Waals surface area contributed by atoms with Gasteiger partial charge < -0.3 is 10.2 Å². The lowest BCUT2D eigenvalue weighted by Gasteiger charge is -2.37. The average molecular weight is 362 g/mol. The van der Waals surface area contributed by atoms with Crippen molar-refractivity contribution in [1.29, 1.82) is 0 Å². The van der Waals surface area contributed by atoms with Crippen LogP contribution in [0.5, 0.6) is 0 Å². The minimum atomic E-state index is -0.209. The van der Waals surface area contributed by atoms with Gasteiger partial charge in [-0.2, -0.15) is 0 Å². The van der Waals surface area contributed by atoms with Gasteiger partial charge in [-0.25, -0.2) is 0 Å². The number of benzene rings is 2. The van der Waals surface area contributed by atoms with Crippen LogP contribution in [0.1, 0.15) is 49.7 Å². The highest BCUT2D eigenvalue weighted by Crippen LogP contribution is 2.45. The van der Waals surface area contributed by atoms with Crippen LogP contribution in [0.2, 0.25) is 0 Å². The fourth-order valence-corrected chi connectivity index (χ4v) is 4.59. The molecule has 0 radical (unpaired) electrons. The second kappa shape index (κ2) is 7.55. The number of likely N-dealkylation sites (tertiary alicyclic amines) is 1. The predicted molar refractivity (Wildman–Crippen MR) is 106 cm³/mol. The van der Waals surface area contributed by atoms with Crippen molar-refractivity contribution in [3.63, 3.8) is 0 Å². The number of nitrogens with zero attached hydrogens (tertiary/aromatic N) is 1. The lowest BCUT2D eigenvalue weighted by Crippen LogP contribution is -2.47. The van der Waals surface area contributed by atoms with E-state index in [2.05, 4.69) is 34.5 Å². The molecule has 0 bridgehead atoms. The molecule has 27 heavy (non-hydrogen) atoms. The molecule has 2 aromatic rings. The van der Waals surface area contributed by atoms with Crippen LogP contribution in [-0.2, 0) is 9.59 Å². The summed E-state index contributed by atoms with van der Waals surface area (Å²) in [6.45, 7) is 2.97. The van der Waals surface area contributed by atoms with Crippen LogP contribution in [0.4, 0.5) is 0 Å². The number of carbonyl (C=O) groups excluding carboxylic acids is 2. The van der Waals surface area contributed by atoms with Crippen molar-refractivity contribution in [2.45, 2.75) is 44.6 Å². The number of rotatable bonds is 4. The maximum atomic E-state index is 13.7. The maximum Gasteiger partial charge on any atom is 0.234 e. The molecule has 2 aromatic carbocycles. The normalized spacial score (nSPS) is 18.7. The van der Waals surface area contributed by atoms with Crippen LogP contribution in [0, 0.1) is 0 Å². The Morgan fingerprint density at radius 1 is 1.00 bits per heavy atom. The van der Waals surface area contributed by atoms with Gasteiger partial charge in [0.25, 0.3) is 0 Å². The molecule has 1 aliphatic carbocycles. The fraction of sp³-hybridized carbons (Fsp3) is 0.391. The summed E-state index contributed by atoms with van der Waals surface area (Å²) < 4.78 is 0. The summed E-state index contributed by atoms with van der Waals surface area (Å²) in [6.07, 6.45) is 4.04. The van der Waals surface area contributed by atoms with E-state index in [1.807, 2.05) is 24.3 Å². The molecule has 1 fully saturated rings. The zero-order valence-corrected chi connectivity index (χ0v) is 15.8. The van der Waals surface area contributed by atoms with E-state index >= 15 is 0 Å². The average Bonchev–Trinajstić information content (AvgIpc) is 3.02. The Hall–Kier alpha value is -2.62. The maximum absolute atomic E-state index is 13.7. The first-order valence-corrected chi connectivity index (χ1v) is 9.90. The van der Waals surface area contributed by atoms with E-state index in [9.17, 15) is 9.59 Å². The SMILES string of the molecule is CC(=O)NCC[C@H]1CCCCN1C(=O)C1c2ccccc2-c2ccccc21. The van der Waals surface area contributed by atoms with Crippen molar-refractivity contribution in [2.24, 2.45) is 0 Å². The first-order chi connectivity index (χ1) is 13.2. The van der Waals surface area contributed by atoms with Crippen LogP contribution in [0.3, 0.4) is 0 Å². The van der Waals surface area contributed by atoms with Gasteiger partial charge in [0.1, 0.15) is 0 Å². The number of nitrogens with one attached hydrogen (secondary N) is 1. The van der Waals surface area contributed by atoms with Gasteiger partial charge in [-0.1, -0.05) is 48.5 Å². The van der Waals surface area contributed by atoms with Gasteiger partial charge in [0.15, 0.2) is 0 Å². The van der Waals surface area contributed by atoms with E-state index in [4.69, 9.17) is 0 Å². The molecule has 0 aromatic heterocycles. The summed E-state index contributed by atoms with van der Waals surface area (Å²) >= 11 is 0. The molecule has 4 rings (SSSR count). The van der Waals surface area contributed by atoms with Crippen molar-refractivity contribution in [2.75, 3.05) is 13.1 Å². The summed E-state index contributed by atoms with van der Waals surface area (Å²) in [6, 6.07) is 16.8. The highest BCUT2D eigenvalue weighted by molar-refractivity contribution is 5.96. The summed E-state index contributed by atoms with van der Waals surface area (Å²) in [7, 11) is 0. The Labute approximate surface area is 160 Å². The largest absolute Gasteiger partial charge is 0.356 e. The highest BCUT2D eigenvalue weighted by atomic mass is 16.2. The Bertz CT molecular complexity index is 815. The molecule has 2 amide bonds. The molecule has 4 heteroatoms. The van der Waals surface area contributed by atoms with E-state index in [1.165, 1.54) is 18.1 Å². The molecular weight excluding hydrogens is 336 g/mol. The Morgan fingerprint density at radius 2 is 1.63 bits per heavy atom. The zero-order chi connectivity index (χ0) is 18.8. The molecule has 1 N–H and O–H groups in total. The Morgan fingerprint density at radius 3 is 2.26 bits per heavy atom. The molecule has 1 aliphatic heterocycles. The molecule has 140 valence electrons. The smallest absolute Gasteiger partial charge is 0.234 e. The lowest BCUT2D eigenvalue weighted by atomic mass is 9.91. The first-order valence-electron chi connectivity index (χ1n) is 9.90. The van der Waals surface area contributed by atoms with Crippen LogP contribution in [0.15, 0.2) is 48.5 Å². The van der Waals surface area contributed by atoms with E-state index in [0.717, 1.165) is 43.4 Å². The van der Waals surface area contributed by atoms with Crippen LogP contribution < -0.4 is 5.32 Å². The lowest BCUT2D eigenvalue weighted by molar-refractivity contribution is -0.135. The van der Waals surface area contributed by atoms with Crippen molar-refractivity contribution < 1.29 is 9.59 Å². The second-order valence-corrected chi connectivity index (χ2v) is 7.56. The summed E-state index contributed by atoms with van der Waals surface area (Å²) in [5, 5.41) is 2.88. The van der Waals surface area contributed by atoms with Gasteiger partial charge in [0, 0.05) is 26.1 Å². The van der Waals surface area contributed by atoms with Crippen molar-refractivity contribution in [1.82, 2.24) is 10.2 Å². The second-order valence-electron chi connectivity index (χ2n) is 7.56. The molecule has 1 saturated heterocycles. The van der Waals surface area contributed by atoms with Gasteiger partial charge in [-0.05, 0) is 47.9 Å². The van der Waals surface area contributed by atoms with Gasteiger partial charge >= 0.3 is 0 Å². The minimum Gasteiger partial charge on any atom is -0.356 e. The molecule has 1 heterocycles.